The van der Waals surface area contributed by atoms with Crippen molar-refractivity contribution in [1.82, 2.24) is 9.88 Å². The number of benzene rings is 2. The van der Waals surface area contributed by atoms with Crippen LogP contribution >= 0.6 is 34.7 Å². The van der Waals surface area contributed by atoms with Gasteiger partial charge in [-0.25, -0.2) is 4.98 Å². The number of hydrogen-bond acceptors (Lipinski definition) is 5. The van der Waals surface area contributed by atoms with Gasteiger partial charge in [0, 0.05) is 18.0 Å². The quantitative estimate of drug-likeness (QED) is 0.456. The highest BCUT2D eigenvalue weighted by atomic mass is 35.5. The predicted molar refractivity (Wildman–Crippen MR) is 122 cm³/mol. The Bertz CT molecular complexity index is 948. The standard InChI is InChI=1S/C21H24ClN3OS2/c1-5-27-17-9-7-6-8-15(17)20(26)25(13-12-24(3)4)21-23-18-14(2)10-11-16(22)19(18)28-21/h6-11H,5,12-13H2,1-4H3. The van der Waals surface area contributed by atoms with Gasteiger partial charge in [-0.05, 0) is 50.5 Å². The zero-order chi connectivity index (χ0) is 20.3. The number of aromatic nitrogens is 1. The SMILES string of the molecule is CCSc1ccccc1C(=O)N(CCN(C)C)c1nc2c(C)ccc(Cl)c2s1. The number of amides is 1. The third kappa shape index (κ3) is 4.51. The summed E-state index contributed by atoms with van der Waals surface area (Å²) >= 11 is 9.55. The third-order valence-electron chi connectivity index (χ3n) is 4.35. The summed E-state index contributed by atoms with van der Waals surface area (Å²) in [6.07, 6.45) is 0. The normalized spacial score (nSPS) is 11.4. The summed E-state index contributed by atoms with van der Waals surface area (Å²) in [5.74, 6) is 0.893. The van der Waals surface area contributed by atoms with Crippen LogP contribution in [0.25, 0.3) is 10.2 Å². The van der Waals surface area contributed by atoms with Crippen LogP contribution in [-0.2, 0) is 0 Å². The van der Waals surface area contributed by atoms with Crippen LogP contribution < -0.4 is 4.90 Å². The Balaban J connectivity index is 2.06. The molecule has 1 heterocycles. The Kier molecular flexibility index (Phi) is 6.99. The number of likely N-dealkylation sites (N-methyl/N-ethyl adjacent to an activating group) is 1. The molecule has 4 nitrogen and oxygen atoms in total. The highest BCUT2D eigenvalue weighted by Gasteiger charge is 2.24. The minimum atomic E-state index is -0.0220. The largest absolute Gasteiger partial charge is 0.308 e. The molecule has 0 aliphatic heterocycles. The van der Waals surface area contributed by atoms with Crippen molar-refractivity contribution in [2.75, 3.05) is 37.8 Å². The topological polar surface area (TPSA) is 36.4 Å². The molecule has 0 N–H and O–H groups in total. The molecule has 0 bridgehead atoms. The van der Waals surface area contributed by atoms with Crippen LogP contribution in [0.3, 0.4) is 0 Å². The van der Waals surface area contributed by atoms with Gasteiger partial charge in [0.1, 0.15) is 0 Å². The minimum Gasteiger partial charge on any atom is -0.308 e. The number of fused-ring (bicyclic) bond motifs is 1. The van der Waals surface area contributed by atoms with E-state index in [-0.39, 0.29) is 5.91 Å². The first-order valence-corrected chi connectivity index (χ1v) is 11.3. The van der Waals surface area contributed by atoms with E-state index < -0.39 is 0 Å². The summed E-state index contributed by atoms with van der Waals surface area (Å²) < 4.78 is 0.926. The summed E-state index contributed by atoms with van der Waals surface area (Å²) in [6.45, 7) is 5.42. The molecule has 0 aliphatic carbocycles. The number of carbonyl (C=O) groups is 1. The summed E-state index contributed by atoms with van der Waals surface area (Å²) in [7, 11) is 4.01. The van der Waals surface area contributed by atoms with Crippen molar-refractivity contribution in [3.8, 4) is 0 Å². The van der Waals surface area contributed by atoms with E-state index in [1.165, 1.54) is 11.3 Å². The first kappa shape index (κ1) is 21.1. The van der Waals surface area contributed by atoms with Crippen molar-refractivity contribution in [1.29, 1.82) is 0 Å². The van der Waals surface area contributed by atoms with Gasteiger partial charge in [-0.1, -0.05) is 48.1 Å². The first-order chi connectivity index (χ1) is 13.4. The zero-order valence-electron chi connectivity index (χ0n) is 16.5. The number of rotatable bonds is 7. The zero-order valence-corrected chi connectivity index (χ0v) is 18.9. The first-order valence-electron chi connectivity index (χ1n) is 9.16. The Morgan fingerprint density at radius 2 is 1.93 bits per heavy atom. The Morgan fingerprint density at radius 1 is 1.18 bits per heavy atom. The maximum Gasteiger partial charge on any atom is 0.261 e. The average molecular weight is 434 g/mol. The molecule has 3 aromatic rings. The van der Waals surface area contributed by atoms with Gasteiger partial charge in [-0.2, -0.15) is 0 Å². The molecule has 0 fully saturated rings. The lowest BCUT2D eigenvalue weighted by atomic mass is 10.2. The lowest BCUT2D eigenvalue weighted by Gasteiger charge is -2.23. The van der Waals surface area contributed by atoms with E-state index in [2.05, 4.69) is 11.8 Å². The molecule has 0 spiro atoms. The van der Waals surface area contributed by atoms with E-state index in [1.54, 1.807) is 16.7 Å². The fourth-order valence-electron chi connectivity index (χ4n) is 2.86. The van der Waals surface area contributed by atoms with Gasteiger partial charge >= 0.3 is 0 Å². The van der Waals surface area contributed by atoms with Crippen molar-refractivity contribution in [2.45, 2.75) is 18.7 Å². The lowest BCUT2D eigenvalue weighted by Crippen LogP contribution is -2.37. The molecule has 2 aromatic carbocycles. The van der Waals surface area contributed by atoms with Crippen molar-refractivity contribution in [2.24, 2.45) is 0 Å². The highest BCUT2D eigenvalue weighted by Crippen LogP contribution is 2.36. The third-order valence-corrected chi connectivity index (χ3v) is 6.84. The van der Waals surface area contributed by atoms with Gasteiger partial charge < -0.3 is 4.90 Å². The molecule has 0 aliphatic rings. The minimum absolute atomic E-state index is 0.0220. The molecule has 1 amide bonds. The lowest BCUT2D eigenvalue weighted by molar-refractivity contribution is 0.0982. The van der Waals surface area contributed by atoms with Crippen LogP contribution in [0.2, 0.25) is 5.02 Å². The fraction of sp³-hybridized carbons (Fsp3) is 0.333. The number of thiazole rings is 1. The van der Waals surface area contributed by atoms with Crippen molar-refractivity contribution in [3.05, 3.63) is 52.5 Å². The van der Waals surface area contributed by atoms with Gasteiger partial charge in [-0.15, -0.1) is 11.8 Å². The molecule has 148 valence electrons. The van der Waals surface area contributed by atoms with Gasteiger partial charge in [0.05, 0.1) is 20.8 Å². The van der Waals surface area contributed by atoms with Crippen LogP contribution in [0.1, 0.15) is 22.8 Å². The van der Waals surface area contributed by atoms with Gasteiger partial charge in [0.25, 0.3) is 5.91 Å². The number of carbonyl (C=O) groups excluding carboxylic acids is 1. The predicted octanol–water partition coefficient (Wildman–Crippen LogP) is 5.58. The van der Waals surface area contributed by atoms with Crippen LogP contribution in [0, 0.1) is 6.92 Å². The number of aryl methyl sites for hydroxylation is 1. The second kappa shape index (κ2) is 9.27. The molecule has 28 heavy (non-hydrogen) atoms. The number of nitrogens with zero attached hydrogens (tertiary/aromatic N) is 3. The van der Waals surface area contributed by atoms with E-state index >= 15 is 0 Å². The number of anilines is 1. The van der Waals surface area contributed by atoms with Crippen molar-refractivity contribution < 1.29 is 4.79 Å². The summed E-state index contributed by atoms with van der Waals surface area (Å²) in [6, 6.07) is 11.6. The molecule has 1 aromatic heterocycles. The summed E-state index contributed by atoms with van der Waals surface area (Å²) in [5, 5.41) is 1.36. The second-order valence-corrected chi connectivity index (χ2v) is 9.42. The number of halogens is 1. The number of hydrogen-bond donors (Lipinski definition) is 0. The summed E-state index contributed by atoms with van der Waals surface area (Å²) in [5.41, 5.74) is 2.64. The van der Waals surface area contributed by atoms with Gasteiger partial charge in [0.2, 0.25) is 0 Å². The molecule has 0 saturated carbocycles. The second-order valence-electron chi connectivity index (χ2n) is 6.73. The highest BCUT2D eigenvalue weighted by molar-refractivity contribution is 7.99. The Labute approximate surface area is 179 Å². The molecule has 0 saturated heterocycles. The molecular weight excluding hydrogens is 410 g/mol. The number of thioether (sulfide) groups is 1. The smallest absolute Gasteiger partial charge is 0.261 e. The maximum atomic E-state index is 13.5. The van der Waals surface area contributed by atoms with E-state index in [0.717, 1.165) is 38.5 Å². The maximum absolute atomic E-state index is 13.5. The van der Waals surface area contributed by atoms with Gasteiger partial charge in [0.15, 0.2) is 5.13 Å². The van der Waals surface area contributed by atoms with E-state index in [9.17, 15) is 4.79 Å². The molecule has 0 unspecified atom stereocenters. The molecular formula is C21H24ClN3OS2. The van der Waals surface area contributed by atoms with Gasteiger partial charge in [-0.3, -0.25) is 9.69 Å². The molecule has 3 rings (SSSR count). The Hall–Kier alpha value is -1.60. The Morgan fingerprint density at radius 3 is 2.61 bits per heavy atom. The van der Waals surface area contributed by atoms with Crippen molar-refractivity contribution >= 4 is 56.0 Å². The summed E-state index contributed by atoms with van der Waals surface area (Å²) in [4.78, 5) is 23.2. The monoisotopic (exact) mass is 433 g/mol. The van der Waals surface area contributed by atoms with Crippen LogP contribution in [0.5, 0.6) is 0 Å². The molecule has 7 heteroatoms. The van der Waals surface area contributed by atoms with Crippen LogP contribution in [-0.4, -0.2) is 48.7 Å². The average Bonchev–Trinajstić information content (AvgIpc) is 3.12. The molecule has 0 radical (unpaired) electrons. The van der Waals surface area contributed by atoms with Crippen molar-refractivity contribution in [3.63, 3.8) is 0 Å². The van der Waals surface area contributed by atoms with E-state index in [4.69, 9.17) is 16.6 Å². The van der Waals surface area contributed by atoms with Crippen LogP contribution in [0.15, 0.2) is 41.3 Å². The van der Waals surface area contributed by atoms with Crippen LogP contribution in [0.4, 0.5) is 5.13 Å². The fourth-order valence-corrected chi connectivity index (χ4v) is 5.00. The molecule has 0 atom stereocenters. The van der Waals surface area contributed by atoms with E-state index in [0.29, 0.717) is 16.7 Å². The van der Waals surface area contributed by atoms with E-state index in [1.807, 2.05) is 57.4 Å².